The SMILES string of the molecule is COc1ccccc1NC(=O)CSc1nc2ccccc2n1Cc1ccccc1F. The lowest BCUT2D eigenvalue weighted by molar-refractivity contribution is -0.113. The van der Waals surface area contributed by atoms with Gasteiger partial charge in [0, 0.05) is 5.56 Å². The summed E-state index contributed by atoms with van der Waals surface area (Å²) in [5.41, 5.74) is 2.89. The number of nitrogens with one attached hydrogen (secondary N) is 1. The molecule has 0 saturated carbocycles. The number of rotatable bonds is 7. The summed E-state index contributed by atoms with van der Waals surface area (Å²) in [5.74, 6) is 0.329. The van der Waals surface area contributed by atoms with E-state index in [-0.39, 0.29) is 17.5 Å². The van der Waals surface area contributed by atoms with Crippen molar-refractivity contribution in [3.05, 3.63) is 84.2 Å². The third kappa shape index (κ3) is 4.31. The zero-order valence-corrected chi connectivity index (χ0v) is 17.2. The van der Waals surface area contributed by atoms with Crippen molar-refractivity contribution in [1.82, 2.24) is 9.55 Å². The number of anilines is 1. The molecule has 4 rings (SSSR count). The average Bonchev–Trinajstić information content (AvgIpc) is 3.12. The van der Waals surface area contributed by atoms with Gasteiger partial charge in [-0.2, -0.15) is 0 Å². The van der Waals surface area contributed by atoms with E-state index in [1.165, 1.54) is 17.8 Å². The molecule has 0 fully saturated rings. The van der Waals surface area contributed by atoms with Gasteiger partial charge in [0.1, 0.15) is 11.6 Å². The van der Waals surface area contributed by atoms with E-state index >= 15 is 0 Å². The third-order valence-corrected chi connectivity index (χ3v) is 5.60. The maximum absolute atomic E-state index is 14.2. The lowest BCUT2D eigenvalue weighted by Gasteiger charge is -2.11. The van der Waals surface area contributed by atoms with Crippen LogP contribution in [0.2, 0.25) is 0 Å². The summed E-state index contributed by atoms with van der Waals surface area (Å²) >= 11 is 1.32. The first-order valence-electron chi connectivity index (χ1n) is 9.40. The second-order valence-corrected chi connectivity index (χ2v) is 7.54. The third-order valence-electron chi connectivity index (χ3n) is 4.62. The maximum atomic E-state index is 14.2. The van der Waals surface area contributed by atoms with Gasteiger partial charge in [-0.05, 0) is 30.3 Å². The smallest absolute Gasteiger partial charge is 0.234 e. The number of thioether (sulfide) groups is 1. The van der Waals surface area contributed by atoms with Crippen molar-refractivity contribution in [3.8, 4) is 5.75 Å². The molecule has 1 heterocycles. The van der Waals surface area contributed by atoms with E-state index in [1.807, 2.05) is 47.0 Å². The van der Waals surface area contributed by atoms with Crippen LogP contribution in [-0.4, -0.2) is 28.3 Å². The second-order valence-electron chi connectivity index (χ2n) is 6.60. The van der Waals surface area contributed by atoms with E-state index in [0.29, 0.717) is 28.7 Å². The van der Waals surface area contributed by atoms with Gasteiger partial charge in [-0.1, -0.05) is 54.2 Å². The fourth-order valence-corrected chi connectivity index (χ4v) is 3.99. The number of benzene rings is 3. The minimum atomic E-state index is -0.264. The van der Waals surface area contributed by atoms with Crippen molar-refractivity contribution >= 4 is 34.4 Å². The molecule has 0 atom stereocenters. The summed E-state index contributed by atoms with van der Waals surface area (Å²) in [4.78, 5) is 17.2. The van der Waals surface area contributed by atoms with E-state index < -0.39 is 0 Å². The number of carbonyl (C=O) groups excluding carboxylic acids is 1. The Labute approximate surface area is 177 Å². The molecular weight excluding hydrogens is 401 g/mol. The zero-order chi connectivity index (χ0) is 20.9. The topological polar surface area (TPSA) is 56.1 Å². The molecule has 0 unspecified atom stereocenters. The fraction of sp³-hybridized carbons (Fsp3) is 0.130. The Balaban J connectivity index is 1.55. The lowest BCUT2D eigenvalue weighted by atomic mass is 10.2. The number of amides is 1. The Kier molecular flexibility index (Phi) is 5.99. The molecule has 152 valence electrons. The Hall–Kier alpha value is -3.32. The molecule has 1 amide bonds. The number of hydrogen-bond acceptors (Lipinski definition) is 4. The molecule has 0 saturated heterocycles. The molecule has 0 radical (unpaired) electrons. The predicted octanol–water partition coefficient (Wildman–Crippen LogP) is 4.96. The number of hydrogen-bond donors (Lipinski definition) is 1. The van der Waals surface area contributed by atoms with E-state index in [1.54, 1.807) is 31.4 Å². The van der Waals surface area contributed by atoms with Gasteiger partial charge in [0.05, 0.1) is 36.1 Å². The highest BCUT2D eigenvalue weighted by Gasteiger charge is 2.15. The number of methoxy groups -OCH3 is 1. The van der Waals surface area contributed by atoms with Crippen molar-refractivity contribution in [2.75, 3.05) is 18.2 Å². The van der Waals surface area contributed by atoms with Crippen molar-refractivity contribution in [1.29, 1.82) is 0 Å². The number of fused-ring (bicyclic) bond motifs is 1. The summed E-state index contributed by atoms with van der Waals surface area (Å²) in [6, 6.07) is 21.6. The monoisotopic (exact) mass is 421 g/mol. The predicted molar refractivity (Wildman–Crippen MR) is 118 cm³/mol. The highest BCUT2D eigenvalue weighted by molar-refractivity contribution is 7.99. The molecule has 30 heavy (non-hydrogen) atoms. The molecule has 0 spiro atoms. The standard InChI is InChI=1S/C23H20FN3O2S/c1-29-21-13-7-5-11-19(21)25-22(28)15-30-23-26-18-10-4-6-12-20(18)27(23)14-16-8-2-3-9-17(16)24/h2-13H,14-15H2,1H3,(H,25,28). The first kappa shape index (κ1) is 20.0. The fourth-order valence-electron chi connectivity index (χ4n) is 3.18. The average molecular weight is 421 g/mol. The van der Waals surface area contributed by atoms with Crippen molar-refractivity contribution in [2.45, 2.75) is 11.7 Å². The van der Waals surface area contributed by atoms with Crippen LogP contribution >= 0.6 is 11.8 Å². The normalized spacial score (nSPS) is 10.9. The highest BCUT2D eigenvalue weighted by atomic mass is 32.2. The summed E-state index contributed by atoms with van der Waals surface area (Å²) in [6.07, 6.45) is 0. The molecule has 0 bridgehead atoms. The summed E-state index contributed by atoms with van der Waals surface area (Å²) < 4.78 is 21.4. The minimum absolute atomic E-state index is 0.165. The van der Waals surface area contributed by atoms with Crippen LogP contribution in [-0.2, 0) is 11.3 Å². The zero-order valence-electron chi connectivity index (χ0n) is 16.3. The van der Waals surface area contributed by atoms with E-state index in [9.17, 15) is 9.18 Å². The van der Waals surface area contributed by atoms with Gasteiger partial charge in [-0.25, -0.2) is 9.37 Å². The largest absolute Gasteiger partial charge is 0.495 e. The van der Waals surface area contributed by atoms with Crippen molar-refractivity contribution in [3.63, 3.8) is 0 Å². The lowest BCUT2D eigenvalue weighted by Crippen LogP contribution is -2.15. The summed E-state index contributed by atoms with van der Waals surface area (Å²) in [7, 11) is 1.56. The van der Waals surface area contributed by atoms with Gasteiger partial charge in [0.15, 0.2) is 5.16 Å². The quantitative estimate of drug-likeness (QED) is 0.429. The molecule has 1 aromatic heterocycles. The Morgan fingerprint density at radius 2 is 1.80 bits per heavy atom. The maximum Gasteiger partial charge on any atom is 0.234 e. The molecule has 4 aromatic rings. The summed E-state index contributed by atoms with van der Waals surface area (Å²) in [6.45, 7) is 0.337. The van der Waals surface area contributed by atoms with Gasteiger partial charge in [0.2, 0.25) is 5.91 Å². The Morgan fingerprint density at radius 3 is 2.63 bits per heavy atom. The van der Waals surface area contributed by atoms with Crippen LogP contribution in [0.4, 0.5) is 10.1 Å². The van der Waals surface area contributed by atoms with Crippen molar-refractivity contribution < 1.29 is 13.9 Å². The van der Waals surface area contributed by atoms with E-state index in [2.05, 4.69) is 10.3 Å². The van der Waals surface area contributed by atoms with Gasteiger partial charge in [-0.15, -0.1) is 0 Å². The van der Waals surface area contributed by atoms with Gasteiger partial charge >= 0.3 is 0 Å². The van der Waals surface area contributed by atoms with E-state index in [4.69, 9.17) is 4.74 Å². The number of carbonyl (C=O) groups is 1. The van der Waals surface area contributed by atoms with Gasteiger partial charge < -0.3 is 14.6 Å². The molecule has 7 heteroatoms. The second kappa shape index (κ2) is 9.00. The molecule has 5 nitrogen and oxygen atoms in total. The van der Waals surface area contributed by atoms with Crippen LogP contribution in [0.5, 0.6) is 5.75 Å². The molecule has 0 aliphatic rings. The van der Waals surface area contributed by atoms with Crippen LogP contribution in [0.3, 0.4) is 0 Å². The molecule has 1 N–H and O–H groups in total. The van der Waals surface area contributed by atoms with Crippen LogP contribution in [0.15, 0.2) is 78.0 Å². The molecule has 0 aliphatic carbocycles. The Bertz CT molecular complexity index is 1190. The van der Waals surface area contributed by atoms with Crippen LogP contribution in [0.1, 0.15) is 5.56 Å². The molecular formula is C23H20FN3O2S. The van der Waals surface area contributed by atoms with Gasteiger partial charge in [0.25, 0.3) is 0 Å². The number of para-hydroxylation sites is 4. The minimum Gasteiger partial charge on any atom is -0.495 e. The number of nitrogens with zero attached hydrogens (tertiary/aromatic N) is 2. The number of halogens is 1. The first-order chi connectivity index (χ1) is 14.7. The van der Waals surface area contributed by atoms with Crippen LogP contribution in [0, 0.1) is 5.82 Å². The molecule has 3 aromatic carbocycles. The highest BCUT2D eigenvalue weighted by Crippen LogP contribution is 2.27. The van der Waals surface area contributed by atoms with Crippen molar-refractivity contribution in [2.24, 2.45) is 0 Å². The number of imidazole rings is 1. The number of aromatic nitrogens is 2. The number of ether oxygens (including phenoxy) is 1. The first-order valence-corrected chi connectivity index (χ1v) is 10.4. The van der Waals surface area contributed by atoms with Gasteiger partial charge in [-0.3, -0.25) is 4.79 Å². The summed E-state index contributed by atoms with van der Waals surface area (Å²) in [5, 5.41) is 3.52. The van der Waals surface area contributed by atoms with Crippen LogP contribution < -0.4 is 10.1 Å². The Morgan fingerprint density at radius 1 is 1.07 bits per heavy atom. The molecule has 0 aliphatic heterocycles. The van der Waals surface area contributed by atoms with Crippen LogP contribution in [0.25, 0.3) is 11.0 Å². The van der Waals surface area contributed by atoms with E-state index in [0.717, 1.165) is 11.0 Å².